The van der Waals surface area contributed by atoms with E-state index >= 15 is 0 Å². The van der Waals surface area contributed by atoms with E-state index in [4.69, 9.17) is 16.0 Å². The summed E-state index contributed by atoms with van der Waals surface area (Å²) in [4.78, 5) is 0. The minimum atomic E-state index is 0.170. The van der Waals surface area contributed by atoms with E-state index in [1.807, 2.05) is 25.1 Å². The molecule has 3 rings (SSSR count). The first-order valence-electron chi connectivity index (χ1n) is 7.47. The molecule has 1 aliphatic carbocycles. The molecule has 0 saturated heterocycles. The van der Waals surface area contributed by atoms with Gasteiger partial charge in [-0.25, -0.2) is 0 Å². The molecule has 0 fully saturated rings. The molecule has 0 radical (unpaired) electrons. The zero-order valence-electron chi connectivity index (χ0n) is 13.0. The standard InChI is InChI=1S/C18H22ClNO/c1-11-5-8-16(21-11)12(2)20-17-15-9-14(19)7-6-13(15)10-18(17,3)4/h5-9,12,17,20H,10H2,1-4H3. The molecule has 2 atom stereocenters. The van der Waals surface area contributed by atoms with Gasteiger partial charge in [-0.05, 0) is 61.1 Å². The predicted molar refractivity (Wildman–Crippen MR) is 86.7 cm³/mol. The van der Waals surface area contributed by atoms with Gasteiger partial charge in [-0.15, -0.1) is 0 Å². The molecule has 1 aromatic carbocycles. The van der Waals surface area contributed by atoms with Gasteiger partial charge >= 0.3 is 0 Å². The van der Waals surface area contributed by atoms with Crippen LogP contribution >= 0.6 is 11.6 Å². The quantitative estimate of drug-likeness (QED) is 0.841. The van der Waals surface area contributed by atoms with Crippen molar-refractivity contribution in [2.45, 2.75) is 46.2 Å². The number of hydrogen-bond acceptors (Lipinski definition) is 2. The molecule has 3 heteroatoms. The van der Waals surface area contributed by atoms with Crippen molar-refractivity contribution in [1.29, 1.82) is 0 Å². The third-order valence-corrected chi connectivity index (χ3v) is 4.69. The number of halogens is 1. The zero-order valence-corrected chi connectivity index (χ0v) is 13.8. The summed E-state index contributed by atoms with van der Waals surface area (Å²) >= 11 is 6.19. The average Bonchev–Trinajstić information content (AvgIpc) is 2.93. The van der Waals surface area contributed by atoms with Crippen molar-refractivity contribution in [1.82, 2.24) is 5.32 Å². The van der Waals surface area contributed by atoms with Crippen LogP contribution in [-0.2, 0) is 6.42 Å². The first-order chi connectivity index (χ1) is 9.87. The van der Waals surface area contributed by atoms with Crippen LogP contribution in [0, 0.1) is 12.3 Å². The smallest absolute Gasteiger partial charge is 0.120 e. The second-order valence-corrected chi connectivity index (χ2v) is 7.21. The first-order valence-corrected chi connectivity index (χ1v) is 7.85. The lowest BCUT2D eigenvalue weighted by molar-refractivity contribution is 0.242. The largest absolute Gasteiger partial charge is 0.465 e. The van der Waals surface area contributed by atoms with Gasteiger partial charge in [0.05, 0.1) is 6.04 Å². The summed E-state index contributed by atoms with van der Waals surface area (Å²) in [6, 6.07) is 10.8. The van der Waals surface area contributed by atoms with Crippen molar-refractivity contribution >= 4 is 11.6 Å². The van der Waals surface area contributed by atoms with E-state index in [2.05, 4.69) is 38.2 Å². The minimum absolute atomic E-state index is 0.170. The summed E-state index contributed by atoms with van der Waals surface area (Å²) in [5.41, 5.74) is 2.88. The topological polar surface area (TPSA) is 25.2 Å². The van der Waals surface area contributed by atoms with E-state index in [-0.39, 0.29) is 17.5 Å². The van der Waals surface area contributed by atoms with Crippen molar-refractivity contribution in [3.63, 3.8) is 0 Å². The molecule has 0 bridgehead atoms. The Hall–Kier alpha value is -1.25. The molecular formula is C18H22ClNO. The predicted octanol–water partition coefficient (Wildman–Crippen LogP) is 5.22. The maximum absolute atomic E-state index is 6.19. The fraction of sp³-hybridized carbons (Fsp3) is 0.444. The zero-order chi connectivity index (χ0) is 15.2. The highest BCUT2D eigenvalue weighted by molar-refractivity contribution is 6.30. The Bertz CT molecular complexity index is 659. The maximum Gasteiger partial charge on any atom is 0.120 e. The monoisotopic (exact) mass is 303 g/mol. The molecule has 1 heterocycles. The normalized spacial score (nSPS) is 21.3. The van der Waals surface area contributed by atoms with E-state index in [0.717, 1.165) is 23.0 Å². The van der Waals surface area contributed by atoms with E-state index in [0.29, 0.717) is 0 Å². The minimum Gasteiger partial charge on any atom is -0.465 e. The lowest BCUT2D eigenvalue weighted by Crippen LogP contribution is -2.32. The molecule has 21 heavy (non-hydrogen) atoms. The van der Waals surface area contributed by atoms with Gasteiger partial charge in [0.1, 0.15) is 11.5 Å². The van der Waals surface area contributed by atoms with Crippen LogP contribution in [0.5, 0.6) is 0 Å². The first kappa shape index (κ1) is 14.7. The Morgan fingerprint density at radius 1 is 1.29 bits per heavy atom. The molecule has 1 aromatic heterocycles. The van der Waals surface area contributed by atoms with Gasteiger partial charge in [0, 0.05) is 11.1 Å². The molecule has 1 N–H and O–H groups in total. The van der Waals surface area contributed by atoms with E-state index < -0.39 is 0 Å². The number of aryl methyl sites for hydroxylation is 1. The highest BCUT2D eigenvalue weighted by Gasteiger charge is 2.39. The number of furan rings is 1. The summed E-state index contributed by atoms with van der Waals surface area (Å²) in [5.74, 6) is 1.94. The van der Waals surface area contributed by atoms with Gasteiger partial charge < -0.3 is 9.73 Å². The molecule has 2 nitrogen and oxygen atoms in total. The number of nitrogens with one attached hydrogen (secondary N) is 1. The van der Waals surface area contributed by atoms with Gasteiger partial charge in [-0.1, -0.05) is 31.5 Å². The molecular weight excluding hydrogens is 282 g/mol. The summed E-state index contributed by atoms with van der Waals surface area (Å²) in [6.45, 7) is 8.74. The van der Waals surface area contributed by atoms with Crippen LogP contribution in [0.1, 0.15) is 55.5 Å². The van der Waals surface area contributed by atoms with E-state index in [1.54, 1.807) is 0 Å². The van der Waals surface area contributed by atoms with Gasteiger partial charge in [0.25, 0.3) is 0 Å². The molecule has 112 valence electrons. The summed E-state index contributed by atoms with van der Waals surface area (Å²) in [7, 11) is 0. The van der Waals surface area contributed by atoms with Gasteiger partial charge in [-0.2, -0.15) is 0 Å². The summed E-state index contributed by atoms with van der Waals surface area (Å²) in [6.07, 6.45) is 1.07. The second-order valence-electron chi connectivity index (χ2n) is 6.78. The van der Waals surface area contributed by atoms with Crippen molar-refractivity contribution in [3.05, 3.63) is 58.0 Å². The third kappa shape index (κ3) is 2.75. The van der Waals surface area contributed by atoms with Crippen LogP contribution in [0.2, 0.25) is 5.02 Å². The molecule has 1 aliphatic rings. The average molecular weight is 304 g/mol. The highest BCUT2D eigenvalue weighted by atomic mass is 35.5. The summed E-state index contributed by atoms with van der Waals surface area (Å²) in [5, 5.41) is 4.54. The van der Waals surface area contributed by atoms with Crippen molar-refractivity contribution in [2.75, 3.05) is 0 Å². The fourth-order valence-electron chi connectivity index (χ4n) is 3.34. The van der Waals surface area contributed by atoms with E-state index in [9.17, 15) is 0 Å². The Morgan fingerprint density at radius 3 is 2.71 bits per heavy atom. The lowest BCUT2D eigenvalue weighted by Gasteiger charge is -2.31. The third-order valence-electron chi connectivity index (χ3n) is 4.45. The molecule has 0 amide bonds. The van der Waals surface area contributed by atoms with Crippen LogP contribution in [0.25, 0.3) is 0 Å². The van der Waals surface area contributed by atoms with Crippen LogP contribution in [0.4, 0.5) is 0 Å². The number of benzene rings is 1. The molecule has 2 unspecified atom stereocenters. The molecule has 0 aliphatic heterocycles. The Labute approximate surface area is 131 Å². The van der Waals surface area contributed by atoms with Crippen LogP contribution in [0.3, 0.4) is 0 Å². The summed E-state index contributed by atoms with van der Waals surface area (Å²) < 4.78 is 5.75. The van der Waals surface area contributed by atoms with Crippen LogP contribution in [0.15, 0.2) is 34.7 Å². The second kappa shape index (κ2) is 5.19. The Kier molecular flexibility index (Phi) is 3.62. The van der Waals surface area contributed by atoms with Gasteiger partial charge in [-0.3, -0.25) is 0 Å². The van der Waals surface area contributed by atoms with Crippen LogP contribution in [-0.4, -0.2) is 0 Å². The van der Waals surface area contributed by atoms with Gasteiger partial charge in [0.15, 0.2) is 0 Å². The van der Waals surface area contributed by atoms with Crippen molar-refractivity contribution in [3.8, 4) is 0 Å². The Balaban J connectivity index is 1.89. The van der Waals surface area contributed by atoms with E-state index in [1.165, 1.54) is 11.1 Å². The van der Waals surface area contributed by atoms with Crippen LogP contribution < -0.4 is 5.32 Å². The maximum atomic E-state index is 6.19. The van der Waals surface area contributed by atoms with Gasteiger partial charge in [0.2, 0.25) is 0 Å². The van der Waals surface area contributed by atoms with Crippen molar-refractivity contribution in [2.24, 2.45) is 5.41 Å². The SMILES string of the molecule is Cc1ccc(C(C)NC2c3cc(Cl)ccc3CC2(C)C)o1. The number of fused-ring (bicyclic) bond motifs is 1. The number of rotatable bonds is 3. The highest BCUT2D eigenvalue weighted by Crippen LogP contribution is 2.46. The Morgan fingerprint density at radius 2 is 2.05 bits per heavy atom. The molecule has 0 saturated carbocycles. The molecule has 0 spiro atoms. The molecule has 2 aromatic rings. The lowest BCUT2D eigenvalue weighted by atomic mass is 9.85. The fourth-order valence-corrected chi connectivity index (χ4v) is 3.52. The van der Waals surface area contributed by atoms with Crippen molar-refractivity contribution < 1.29 is 4.42 Å². The number of hydrogen-bond donors (Lipinski definition) is 1.